The molecule has 2 aromatic carbocycles. The molecule has 0 aromatic heterocycles. The third-order valence-corrected chi connectivity index (χ3v) is 4.92. The Morgan fingerprint density at radius 2 is 1.76 bits per heavy atom. The number of halogens is 2. The Bertz CT molecular complexity index is 767. The molecule has 3 rings (SSSR count). The lowest BCUT2D eigenvalue weighted by Gasteiger charge is -2.27. The van der Waals surface area contributed by atoms with E-state index < -0.39 is 0 Å². The van der Waals surface area contributed by atoms with Crippen LogP contribution in [0.5, 0.6) is 0 Å². The van der Waals surface area contributed by atoms with Crippen molar-refractivity contribution in [3.05, 3.63) is 69.7 Å². The van der Waals surface area contributed by atoms with Crippen molar-refractivity contribution in [3.8, 4) is 0 Å². The first kappa shape index (κ1) is 17.9. The zero-order valence-corrected chi connectivity index (χ0v) is 15.2. The lowest BCUT2D eigenvalue weighted by molar-refractivity contribution is 0.0954. The fourth-order valence-corrected chi connectivity index (χ4v) is 3.05. The summed E-state index contributed by atoms with van der Waals surface area (Å²) in [6.45, 7) is 2.83. The average molecular weight is 376 g/mol. The van der Waals surface area contributed by atoms with E-state index >= 15 is 0 Å². The van der Waals surface area contributed by atoms with E-state index in [0.717, 1.165) is 38.2 Å². The number of amides is 1. The largest absolute Gasteiger partial charge is 0.298 e. The lowest BCUT2D eigenvalue weighted by atomic mass is 10.1. The summed E-state index contributed by atoms with van der Waals surface area (Å²) in [4.78, 5) is 14.5. The molecule has 1 aliphatic rings. The van der Waals surface area contributed by atoms with Crippen LogP contribution in [0.1, 0.15) is 28.8 Å². The number of likely N-dealkylation sites (tertiary alicyclic amines) is 1. The third kappa shape index (κ3) is 5.05. The summed E-state index contributed by atoms with van der Waals surface area (Å²) in [7, 11) is 0. The summed E-state index contributed by atoms with van der Waals surface area (Å²) in [5.74, 6) is -0.280. The molecular formula is C19H19Cl2N3O. The van der Waals surface area contributed by atoms with E-state index in [9.17, 15) is 4.79 Å². The van der Waals surface area contributed by atoms with Gasteiger partial charge in [-0.15, -0.1) is 0 Å². The summed E-state index contributed by atoms with van der Waals surface area (Å²) in [6.07, 6.45) is 1.71. The number of carbonyl (C=O) groups is 1. The first-order chi connectivity index (χ1) is 12.1. The molecular weight excluding hydrogens is 357 g/mol. The molecule has 0 saturated carbocycles. The van der Waals surface area contributed by atoms with Crippen molar-refractivity contribution in [2.75, 3.05) is 13.1 Å². The molecule has 1 N–H and O–H groups in total. The number of benzene rings is 2. The molecule has 0 unspecified atom stereocenters. The number of nitrogens with zero attached hydrogens (tertiary/aromatic N) is 2. The molecule has 4 nitrogen and oxygen atoms in total. The Labute approximate surface area is 157 Å². The molecule has 1 saturated heterocycles. The van der Waals surface area contributed by atoms with Crippen LogP contribution in [-0.4, -0.2) is 29.6 Å². The Hall–Kier alpha value is -1.88. The van der Waals surface area contributed by atoms with E-state index in [-0.39, 0.29) is 5.91 Å². The number of nitrogens with one attached hydrogen (secondary N) is 1. The maximum absolute atomic E-state index is 12.1. The molecule has 0 spiro atoms. The van der Waals surface area contributed by atoms with Crippen molar-refractivity contribution in [1.82, 2.24) is 10.3 Å². The van der Waals surface area contributed by atoms with Crippen LogP contribution in [0.2, 0.25) is 10.0 Å². The highest BCUT2D eigenvalue weighted by Crippen LogP contribution is 2.22. The maximum Gasteiger partial charge on any atom is 0.271 e. The standard InChI is InChI=1S/C19H19Cl2N3O/c20-17-7-6-15(12-18(17)21)19(25)23-22-16-8-10-24(11-9-16)13-14-4-2-1-3-5-14/h1-7,12H,8-11,13H2,(H,23,25). The number of hydrazone groups is 1. The fraction of sp³-hybridized carbons (Fsp3) is 0.263. The van der Waals surface area contributed by atoms with Gasteiger partial charge in [-0.2, -0.15) is 5.10 Å². The molecule has 6 heteroatoms. The van der Waals surface area contributed by atoms with Crippen LogP contribution < -0.4 is 5.43 Å². The van der Waals surface area contributed by atoms with Crippen molar-refractivity contribution < 1.29 is 4.79 Å². The second-order valence-electron chi connectivity index (χ2n) is 6.01. The number of piperidine rings is 1. The highest BCUT2D eigenvalue weighted by molar-refractivity contribution is 6.42. The highest BCUT2D eigenvalue weighted by Gasteiger charge is 2.16. The summed E-state index contributed by atoms with van der Waals surface area (Å²) in [5, 5.41) is 5.05. The SMILES string of the molecule is O=C(NN=C1CCN(Cc2ccccc2)CC1)c1ccc(Cl)c(Cl)c1. The van der Waals surface area contributed by atoms with Gasteiger partial charge in [-0.3, -0.25) is 9.69 Å². The molecule has 0 aliphatic carbocycles. The van der Waals surface area contributed by atoms with Crippen molar-refractivity contribution in [3.63, 3.8) is 0 Å². The molecule has 0 bridgehead atoms. The van der Waals surface area contributed by atoms with Gasteiger partial charge in [0.1, 0.15) is 0 Å². The molecule has 1 heterocycles. The first-order valence-corrected chi connectivity index (χ1v) is 8.94. The molecule has 130 valence electrons. The number of rotatable bonds is 4. The minimum Gasteiger partial charge on any atom is -0.298 e. The van der Waals surface area contributed by atoms with Gasteiger partial charge in [0, 0.05) is 43.8 Å². The zero-order chi connectivity index (χ0) is 17.6. The summed E-state index contributed by atoms with van der Waals surface area (Å²) >= 11 is 11.8. The monoisotopic (exact) mass is 375 g/mol. The quantitative estimate of drug-likeness (QED) is 0.806. The third-order valence-electron chi connectivity index (χ3n) is 4.18. The first-order valence-electron chi connectivity index (χ1n) is 8.19. The summed E-state index contributed by atoms with van der Waals surface area (Å²) < 4.78 is 0. The van der Waals surface area contributed by atoms with Gasteiger partial charge in [0.15, 0.2) is 0 Å². The van der Waals surface area contributed by atoms with Gasteiger partial charge in [0.05, 0.1) is 10.0 Å². The van der Waals surface area contributed by atoms with Crippen LogP contribution in [0, 0.1) is 0 Å². The normalized spacial score (nSPS) is 15.0. The van der Waals surface area contributed by atoms with Crippen LogP contribution in [0.4, 0.5) is 0 Å². The molecule has 2 aromatic rings. The number of hydrogen-bond acceptors (Lipinski definition) is 3. The van der Waals surface area contributed by atoms with Crippen molar-refractivity contribution in [1.29, 1.82) is 0 Å². The van der Waals surface area contributed by atoms with Crippen molar-refractivity contribution in [2.45, 2.75) is 19.4 Å². The fourth-order valence-electron chi connectivity index (χ4n) is 2.75. The van der Waals surface area contributed by atoms with Gasteiger partial charge in [-0.1, -0.05) is 53.5 Å². The van der Waals surface area contributed by atoms with Gasteiger partial charge < -0.3 is 0 Å². The maximum atomic E-state index is 12.1. The van der Waals surface area contributed by atoms with Gasteiger partial charge >= 0.3 is 0 Å². The van der Waals surface area contributed by atoms with Crippen LogP contribution >= 0.6 is 23.2 Å². The highest BCUT2D eigenvalue weighted by atomic mass is 35.5. The predicted octanol–water partition coefficient (Wildman–Crippen LogP) is 4.38. The van der Waals surface area contributed by atoms with E-state index in [4.69, 9.17) is 23.2 Å². The van der Waals surface area contributed by atoms with Crippen molar-refractivity contribution >= 4 is 34.8 Å². The van der Waals surface area contributed by atoms with Crippen LogP contribution in [0.15, 0.2) is 53.6 Å². The van der Waals surface area contributed by atoms with Gasteiger partial charge in [0.2, 0.25) is 0 Å². The second kappa shape index (κ2) is 8.48. The van der Waals surface area contributed by atoms with E-state index in [0.29, 0.717) is 15.6 Å². The average Bonchev–Trinajstić information content (AvgIpc) is 2.64. The Morgan fingerprint density at radius 3 is 2.44 bits per heavy atom. The lowest BCUT2D eigenvalue weighted by Crippen LogP contribution is -2.34. The Kier molecular flexibility index (Phi) is 6.08. The summed E-state index contributed by atoms with van der Waals surface area (Å²) in [6, 6.07) is 15.2. The van der Waals surface area contributed by atoms with Gasteiger partial charge in [-0.25, -0.2) is 5.43 Å². The molecule has 0 atom stereocenters. The zero-order valence-electron chi connectivity index (χ0n) is 13.7. The van der Waals surface area contributed by atoms with E-state index in [1.54, 1.807) is 18.2 Å². The molecule has 1 fully saturated rings. The van der Waals surface area contributed by atoms with Crippen LogP contribution in [0.25, 0.3) is 0 Å². The van der Waals surface area contributed by atoms with Gasteiger partial charge in [-0.05, 0) is 23.8 Å². The van der Waals surface area contributed by atoms with E-state index in [1.165, 1.54) is 5.56 Å². The molecule has 0 radical (unpaired) electrons. The second-order valence-corrected chi connectivity index (χ2v) is 6.82. The Balaban J connectivity index is 1.50. The number of carbonyl (C=O) groups excluding carboxylic acids is 1. The van der Waals surface area contributed by atoms with Crippen LogP contribution in [0.3, 0.4) is 0 Å². The minimum atomic E-state index is -0.280. The topological polar surface area (TPSA) is 44.7 Å². The van der Waals surface area contributed by atoms with E-state index in [2.05, 4.69) is 39.7 Å². The predicted molar refractivity (Wildman–Crippen MR) is 102 cm³/mol. The Morgan fingerprint density at radius 1 is 1.04 bits per heavy atom. The number of hydrogen-bond donors (Lipinski definition) is 1. The van der Waals surface area contributed by atoms with Gasteiger partial charge in [0.25, 0.3) is 5.91 Å². The summed E-state index contributed by atoms with van der Waals surface area (Å²) in [5.41, 5.74) is 5.38. The van der Waals surface area contributed by atoms with E-state index in [1.807, 2.05) is 6.07 Å². The molecule has 1 amide bonds. The molecule has 25 heavy (non-hydrogen) atoms. The smallest absolute Gasteiger partial charge is 0.271 e. The molecule has 1 aliphatic heterocycles. The minimum absolute atomic E-state index is 0.280. The van der Waals surface area contributed by atoms with Crippen LogP contribution in [-0.2, 0) is 6.54 Å². The van der Waals surface area contributed by atoms with Crippen molar-refractivity contribution in [2.24, 2.45) is 5.10 Å².